The van der Waals surface area contributed by atoms with Crippen molar-refractivity contribution >= 4 is 0 Å². The SMILES string of the molecule is COc1cc2c(cc1CN1CCN(Cc3noc(C)n3)CC1)OCCCO2. The minimum absolute atomic E-state index is 0.616. The molecule has 4 rings (SSSR count). The maximum absolute atomic E-state index is 5.83. The number of benzene rings is 1. The maximum Gasteiger partial charge on any atom is 0.223 e. The molecule has 0 bridgehead atoms. The minimum Gasteiger partial charge on any atom is -0.496 e. The molecule has 0 amide bonds. The topological polar surface area (TPSA) is 73.1 Å². The summed E-state index contributed by atoms with van der Waals surface area (Å²) in [4.78, 5) is 9.07. The van der Waals surface area contributed by atoms with Gasteiger partial charge in [0.05, 0.1) is 26.9 Å². The monoisotopic (exact) mass is 374 g/mol. The van der Waals surface area contributed by atoms with Gasteiger partial charge < -0.3 is 18.7 Å². The molecular formula is C19H26N4O4. The number of rotatable bonds is 5. The predicted octanol–water partition coefficient (Wildman–Crippen LogP) is 1.87. The van der Waals surface area contributed by atoms with Crippen LogP contribution in [0.3, 0.4) is 0 Å². The molecule has 1 fully saturated rings. The number of hydrogen-bond donors (Lipinski definition) is 0. The van der Waals surface area contributed by atoms with E-state index in [2.05, 4.69) is 26.0 Å². The number of piperazine rings is 1. The highest BCUT2D eigenvalue weighted by Crippen LogP contribution is 2.37. The highest BCUT2D eigenvalue weighted by Gasteiger charge is 2.21. The lowest BCUT2D eigenvalue weighted by Gasteiger charge is -2.34. The standard InChI is InChI=1S/C19H26N4O4/c1-14-20-19(21-27-14)13-23-6-4-22(5-7-23)12-15-10-17-18(11-16(15)24-2)26-9-3-8-25-17/h10-11H,3-9,12-13H2,1-2H3. The number of nitrogens with zero attached hydrogens (tertiary/aromatic N) is 4. The molecule has 1 saturated heterocycles. The van der Waals surface area contributed by atoms with Crippen LogP contribution in [-0.4, -0.2) is 66.4 Å². The van der Waals surface area contributed by atoms with Gasteiger partial charge in [-0.2, -0.15) is 4.98 Å². The van der Waals surface area contributed by atoms with E-state index in [1.54, 1.807) is 7.11 Å². The van der Waals surface area contributed by atoms with Crippen LogP contribution in [0.25, 0.3) is 0 Å². The number of aryl methyl sites for hydroxylation is 1. The highest BCUT2D eigenvalue weighted by atomic mass is 16.5. The summed E-state index contributed by atoms with van der Waals surface area (Å²) in [7, 11) is 1.70. The van der Waals surface area contributed by atoms with Gasteiger partial charge in [-0.05, 0) is 6.07 Å². The van der Waals surface area contributed by atoms with E-state index in [1.807, 2.05) is 13.0 Å². The fourth-order valence-electron chi connectivity index (χ4n) is 3.50. The molecule has 2 aromatic rings. The largest absolute Gasteiger partial charge is 0.496 e. The lowest BCUT2D eigenvalue weighted by molar-refractivity contribution is 0.118. The third-order valence-electron chi connectivity index (χ3n) is 4.94. The van der Waals surface area contributed by atoms with E-state index < -0.39 is 0 Å². The zero-order valence-electron chi connectivity index (χ0n) is 15.9. The van der Waals surface area contributed by atoms with Crippen molar-refractivity contribution in [1.82, 2.24) is 19.9 Å². The molecule has 8 heteroatoms. The van der Waals surface area contributed by atoms with Gasteiger partial charge in [-0.3, -0.25) is 9.80 Å². The van der Waals surface area contributed by atoms with Crippen molar-refractivity contribution < 1.29 is 18.7 Å². The van der Waals surface area contributed by atoms with Crippen LogP contribution >= 0.6 is 0 Å². The smallest absolute Gasteiger partial charge is 0.223 e. The maximum atomic E-state index is 5.83. The summed E-state index contributed by atoms with van der Waals surface area (Å²) in [6.45, 7) is 8.65. The molecule has 0 unspecified atom stereocenters. The van der Waals surface area contributed by atoms with Crippen LogP contribution in [0.2, 0.25) is 0 Å². The fraction of sp³-hybridized carbons (Fsp3) is 0.579. The van der Waals surface area contributed by atoms with Gasteiger partial charge in [0.1, 0.15) is 5.75 Å². The Morgan fingerprint density at radius 2 is 1.67 bits per heavy atom. The lowest BCUT2D eigenvalue weighted by atomic mass is 10.1. The molecule has 2 aliphatic rings. The van der Waals surface area contributed by atoms with Crippen LogP contribution < -0.4 is 14.2 Å². The van der Waals surface area contributed by atoms with Crippen LogP contribution in [0.1, 0.15) is 23.7 Å². The number of hydrogen-bond acceptors (Lipinski definition) is 8. The van der Waals surface area contributed by atoms with Gasteiger partial charge in [-0.1, -0.05) is 5.16 Å². The minimum atomic E-state index is 0.616. The van der Waals surface area contributed by atoms with E-state index in [0.29, 0.717) is 19.1 Å². The van der Waals surface area contributed by atoms with E-state index in [9.17, 15) is 0 Å². The first-order valence-corrected chi connectivity index (χ1v) is 9.41. The first-order chi connectivity index (χ1) is 13.2. The Morgan fingerprint density at radius 3 is 2.30 bits per heavy atom. The molecule has 0 atom stereocenters. The highest BCUT2D eigenvalue weighted by molar-refractivity contribution is 5.51. The van der Waals surface area contributed by atoms with E-state index in [-0.39, 0.29) is 0 Å². The molecule has 0 radical (unpaired) electrons. The third-order valence-corrected chi connectivity index (χ3v) is 4.94. The second kappa shape index (κ2) is 8.14. The van der Waals surface area contributed by atoms with Gasteiger partial charge in [0.15, 0.2) is 17.3 Å². The van der Waals surface area contributed by atoms with Crippen LogP contribution in [-0.2, 0) is 13.1 Å². The third kappa shape index (κ3) is 4.33. The Balaban J connectivity index is 1.37. The van der Waals surface area contributed by atoms with E-state index in [0.717, 1.165) is 74.3 Å². The quantitative estimate of drug-likeness (QED) is 0.785. The Morgan fingerprint density at radius 1 is 1.00 bits per heavy atom. The average Bonchev–Trinajstić information content (AvgIpc) is 2.95. The fourth-order valence-corrected chi connectivity index (χ4v) is 3.50. The summed E-state index contributed by atoms with van der Waals surface area (Å²) in [6, 6.07) is 4.01. The molecule has 1 aromatic heterocycles. The summed E-state index contributed by atoms with van der Waals surface area (Å²) in [6.07, 6.45) is 0.897. The molecular weight excluding hydrogens is 348 g/mol. The van der Waals surface area contributed by atoms with Crippen LogP contribution in [0, 0.1) is 6.92 Å². The summed E-state index contributed by atoms with van der Waals surface area (Å²) >= 11 is 0. The molecule has 0 N–H and O–H groups in total. The van der Waals surface area contributed by atoms with Crippen molar-refractivity contribution in [2.45, 2.75) is 26.4 Å². The molecule has 27 heavy (non-hydrogen) atoms. The number of ether oxygens (including phenoxy) is 3. The number of fused-ring (bicyclic) bond motifs is 1. The molecule has 2 aliphatic heterocycles. The van der Waals surface area contributed by atoms with Gasteiger partial charge in [-0.25, -0.2) is 0 Å². The molecule has 1 aromatic carbocycles. The molecule has 146 valence electrons. The average molecular weight is 374 g/mol. The zero-order valence-corrected chi connectivity index (χ0v) is 15.9. The normalized spacial score (nSPS) is 18.3. The molecule has 0 spiro atoms. The van der Waals surface area contributed by atoms with Gasteiger partial charge >= 0.3 is 0 Å². The second-order valence-corrected chi connectivity index (χ2v) is 6.94. The Kier molecular flexibility index (Phi) is 5.45. The number of methoxy groups -OCH3 is 1. The first-order valence-electron chi connectivity index (χ1n) is 9.41. The Hall–Kier alpha value is -2.32. The molecule has 0 aliphatic carbocycles. The van der Waals surface area contributed by atoms with Crippen molar-refractivity contribution in [3.05, 3.63) is 29.4 Å². The Labute approximate surface area is 159 Å². The van der Waals surface area contributed by atoms with E-state index in [1.165, 1.54) is 0 Å². The van der Waals surface area contributed by atoms with Crippen molar-refractivity contribution in [3.63, 3.8) is 0 Å². The van der Waals surface area contributed by atoms with E-state index in [4.69, 9.17) is 18.7 Å². The Bertz CT molecular complexity index is 771. The van der Waals surface area contributed by atoms with Gasteiger partial charge in [-0.15, -0.1) is 0 Å². The van der Waals surface area contributed by atoms with Gasteiger partial charge in [0.2, 0.25) is 5.89 Å². The molecule has 0 saturated carbocycles. The van der Waals surface area contributed by atoms with Gasteiger partial charge in [0, 0.05) is 57.7 Å². The predicted molar refractivity (Wildman–Crippen MR) is 98.2 cm³/mol. The summed E-state index contributed by atoms with van der Waals surface area (Å²) in [5, 5.41) is 3.98. The summed E-state index contributed by atoms with van der Waals surface area (Å²) < 4.78 is 22.2. The zero-order chi connectivity index (χ0) is 18.6. The molecule has 3 heterocycles. The van der Waals surface area contributed by atoms with Crippen molar-refractivity contribution in [3.8, 4) is 17.2 Å². The lowest BCUT2D eigenvalue weighted by Crippen LogP contribution is -2.45. The van der Waals surface area contributed by atoms with Crippen molar-refractivity contribution in [2.24, 2.45) is 0 Å². The summed E-state index contributed by atoms with van der Waals surface area (Å²) in [5.74, 6) is 3.81. The van der Waals surface area contributed by atoms with E-state index >= 15 is 0 Å². The number of aromatic nitrogens is 2. The molecule has 8 nitrogen and oxygen atoms in total. The van der Waals surface area contributed by atoms with Crippen molar-refractivity contribution in [1.29, 1.82) is 0 Å². The van der Waals surface area contributed by atoms with Crippen LogP contribution in [0.5, 0.6) is 17.2 Å². The van der Waals surface area contributed by atoms with Crippen molar-refractivity contribution in [2.75, 3.05) is 46.5 Å². The first kappa shape index (κ1) is 18.1. The summed E-state index contributed by atoms with van der Waals surface area (Å²) in [5.41, 5.74) is 1.13. The second-order valence-electron chi connectivity index (χ2n) is 6.94. The van der Waals surface area contributed by atoms with Gasteiger partial charge in [0.25, 0.3) is 0 Å². The van der Waals surface area contributed by atoms with Crippen LogP contribution in [0.15, 0.2) is 16.7 Å². The van der Waals surface area contributed by atoms with Crippen LogP contribution in [0.4, 0.5) is 0 Å².